The van der Waals surface area contributed by atoms with Crippen molar-refractivity contribution < 1.29 is 9.53 Å². The number of hydrogen-bond acceptors (Lipinski definition) is 5. The first-order chi connectivity index (χ1) is 9.17. The van der Waals surface area contributed by atoms with Crippen LogP contribution in [0.1, 0.15) is 24.2 Å². The molecule has 19 heavy (non-hydrogen) atoms. The Bertz CT molecular complexity index is 661. The van der Waals surface area contributed by atoms with Crippen LogP contribution in [0.5, 0.6) is 0 Å². The van der Waals surface area contributed by atoms with Crippen LogP contribution in [-0.4, -0.2) is 22.5 Å². The van der Waals surface area contributed by atoms with Gasteiger partial charge in [0.2, 0.25) is 0 Å². The van der Waals surface area contributed by atoms with Crippen LogP contribution >= 0.6 is 0 Å². The molecule has 0 aliphatic heterocycles. The van der Waals surface area contributed by atoms with Crippen LogP contribution in [-0.2, 0) is 9.53 Å². The maximum absolute atomic E-state index is 11.8. The van der Waals surface area contributed by atoms with Gasteiger partial charge in [-0.05, 0) is 26.0 Å². The fourth-order valence-corrected chi connectivity index (χ4v) is 1.83. The lowest BCUT2D eigenvalue weighted by Gasteiger charge is -2.10. The second-order valence-corrected chi connectivity index (χ2v) is 4.00. The van der Waals surface area contributed by atoms with Crippen molar-refractivity contribution in [2.45, 2.75) is 19.8 Å². The number of hydrogen-bond donors (Lipinski definition) is 0. The summed E-state index contributed by atoms with van der Waals surface area (Å²) in [7, 11) is 0. The summed E-state index contributed by atoms with van der Waals surface area (Å²) in [5.41, 5.74) is 2.33. The molecule has 0 aliphatic carbocycles. The molecule has 1 unspecified atom stereocenters. The van der Waals surface area contributed by atoms with Gasteiger partial charge in [-0.3, -0.25) is 4.79 Å². The average Bonchev–Trinajstić information content (AvgIpc) is 2.40. The van der Waals surface area contributed by atoms with E-state index in [1.807, 2.05) is 24.3 Å². The zero-order valence-corrected chi connectivity index (χ0v) is 10.8. The monoisotopic (exact) mass is 255 g/mol. The summed E-state index contributed by atoms with van der Waals surface area (Å²) < 4.78 is 4.89. The first kappa shape index (κ1) is 13.0. The van der Waals surface area contributed by atoms with Crippen LogP contribution in [0.25, 0.3) is 11.0 Å². The Morgan fingerprint density at radius 2 is 2.00 bits per heavy atom. The molecule has 5 heteroatoms. The quantitative estimate of drug-likeness (QED) is 0.785. The predicted molar refractivity (Wildman–Crippen MR) is 69.3 cm³/mol. The van der Waals surface area contributed by atoms with E-state index < -0.39 is 11.9 Å². The lowest BCUT2D eigenvalue weighted by molar-refractivity contribution is -0.143. The molecule has 1 aromatic heterocycles. The molecular weight excluding hydrogens is 242 g/mol. The number of aryl methyl sites for hydroxylation is 1. The topological polar surface area (TPSA) is 75.9 Å². The van der Waals surface area contributed by atoms with E-state index in [1.165, 1.54) is 0 Å². The minimum absolute atomic E-state index is 0.233. The second kappa shape index (κ2) is 5.44. The van der Waals surface area contributed by atoms with Gasteiger partial charge >= 0.3 is 5.97 Å². The van der Waals surface area contributed by atoms with E-state index in [1.54, 1.807) is 19.9 Å². The fourth-order valence-electron chi connectivity index (χ4n) is 1.83. The van der Waals surface area contributed by atoms with Gasteiger partial charge in [0.15, 0.2) is 5.92 Å². The molecule has 0 saturated carbocycles. The van der Waals surface area contributed by atoms with E-state index in [4.69, 9.17) is 10.00 Å². The summed E-state index contributed by atoms with van der Waals surface area (Å²) >= 11 is 0. The van der Waals surface area contributed by atoms with E-state index in [9.17, 15) is 4.79 Å². The Morgan fingerprint density at radius 1 is 1.37 bits per heavy atom. The third-order valence-corrected chi connectivity index (χ3v) is 2.71. The smallest absolute Gasteiger partial charge is 0.329 e. The summed E-state index contributed by atoms with van der Waals surface area (Å²) in [4.78, 5) is 20.5. The van der Waals surface area contributed by atoms with Gasteiger partial charge < -0.3 is 4.74 Å². The minimum Gasteiger partial charge on any atom is -0.465 e. The molecule has 0 radical (unpaired) electrons. The second-order valence-electron chi connectivity index (χ2n) is 4.00. The number of ether oxygens (including phenoxy) is 1. The number of benzene rings is 1. The lowest BCUT2D eigenvalue weighted by atomic mass is 10.1. The molecule has 1 heterocycles. The molecule has 5 nitrogen and oxygen atoms in total. The number of aromatic nitrogens is 2. The van der Waals surface area contributed by atoms with Gasteiger partial charge in [-0.15, -0.1) is 0 Å². The summed E-state index contributed by atoms with van der Waals surface area (Å²) in [6, 6.07) is 9.27. The first-order valence-corrected chi connectivity index (χ1v) is 5.97. The predicted octanol–water partition coefficient (Wildman–Crippen LogP) is 2.11. The maximum atomic E-state index is 11.8. The van der Waals surface area contributed by atoms with Crippen molar-refractivity contribution in [1.29, 1.82) is 5.26 Å². The van der Waals surface area contributed by atoms with Crippen LogP contribution in [0, 0.1) is 18.3 Å². The maximum Gasteiger partial charge on any atom is 0.329 e. The van der Waals surface area contributed by atoms with Crippen molar-refractivity contribution >= 4 is 17.0 Å². The number of carbonyl (C=O) groups is 1. The van der Waals surface area contributed by atoms with Crippen LogP contribution in [0.3, 0.4) is 0 Å². The van der Waals surface area contributed by atoms with E-state index in [0.717, 1.165) is 5.52 Å². The Hall–Kier alpha value is -2.48. The standard InChI is InChI=1S/C14H13N3O2/c1-3-19-14(18)10(8-15)13-9(2)16-11-6-4-5-7-12(11)17-13/h4-7,10H,3H2,1-2H3. The summed E-state index contributed by atoms with van der Waals surface area (Å²) in [5, 5.41) is 9.15. The molecule has 2 aromatic rings. The van der Waals surface area contributed by atoms with Gasteiger partial charge in [0.1, 0.15) is 0 Å². The minimum atomic E-state index is -1.03. The largest absolute Gasteiger partial charge is 0.465 e. The number of carbonyl (C=O) groups excluding carboxylic acids is 1. The normalized spacial score (nSPS) is 11.8. The van der Waals surface area contributed by atoms with Gasteiger partial charge in [-0.25, -0.2) is 9.97 Å². The molecule has 0 bridgehead atoms. The van der Waals surface area contributed by atoms with Crippen LogP contribution in [0.4, 0.5) is 0 Å². The first-order valence-electron chi connectivity index (χ1n) is 5.97. The number of nitriles is 1. The Morgan fingerprint density at radius 3 is 2.58 bits per heavy atom. The molecule has 0 saturated heterocycles. The molecular formula is C14H13N3O2. The third kappa shape index (κ3) is 2.52. The molecule has 96 valence electrons. The van der Waals surface area contributed by atoms with Gasteiger partial charge in [0.05, 0.1) is 35.1 Å². The van der Waals surface area contributed by atoms with Crippen molar-refractivity contribution in [2.75, 3.05) is 6.61 Å². The fraction of sp³-hybridized carbons (Fsp3) is 0.286. The number of para-hydroxylation sites is 2. The van der Waals surface area contributed by atoms with E-state index in [0.29, 0.717) is 16.9 Å². The summed E-state index contributed by atoms with van der Waals surface area (Å²) in [6.45, 7) is 3.67. The van der Waals surface area contributed by atoms with Crippen molar-refractivity contribution in [3.8, 4) is 6.07 Å². The van der Waals surface area contributed by atoms with E-state index in [2.05, 4.69) is 9.97 Å². The Labute approximate surface area is 110 Å². The highest BCUT2D eigenvalue weighted by Gasteiger charge is 2.25. The number of esters is 1. The highest BCUT2D eigenvalue weighted by atomic mass is 16.5. The zero-order valence-electron chi connectivity index (χ0n) is 10.8. The third-order valence-electron chi connectivity index (χ3n) is 2.71. The van der Waals surface area contributed by atoms with Crippen LogP contribution in [0.15, 0.2) is 24.3 Å². The highest BCUT2D eigenvalue weighted by Crippen LogP contribution is 2.20. The molecule has 0 fully saturated rings. The molecule has 2 rings (SSSR count). The Kier molecular flexibility index (Phi) is 3.71. The highest BCUT2D eigenvalue weighted by molar-refractivity contribution is 5.82. The summed E-state index contributed by atoms with van der Waals surface area (Å²) in [6.07, 6.45) is 0. The number of nitrogens with zero attached hydrogens (tertiary/aromatic N) is 3. The van der Waals surface area contributed by atoms with Crippen molar-refractivity contribution in [2.24, 2.45) is 0 Å². The summed E-state index contributed by atoms with van der Waals surface area (Å²) in [5.74, 6) is -1.62. The number of fused-ring (bicyclic) bond motifs is 1. The number of rotatable bonds is 3. The molecule has 0 amide bonds. The van der Waals surface area contributed by atoms with Crippen molar-refractivity contribution in [3.05, 3.63) is 35.7 Å². The van der Waals surface area contributed by atoms with E-state index >= 15 is 0 Å². The molecule has 0 aliphatic rings. The molecule has 1 aromatic carbocycles. The van der Waals surface area contributed by atoms with Gasteiger partial charge in [-0.1, -0.05) is 12.1 Å². The van der Waals surface area contributed by atoms with Crippen LogP contribution in [0.2, 0.25) is 0 Å². The van der Waals surface area contributed by atoms with Gasteiger partial charge in [0, 0.05) is 0 Å². The molecule has 0 N–H and O–H groups in total. The zero-order chi connectivity index (χ0) is 13.8. The van der Waals surface area contributed by atoms with Gasteiger partial charge in [0.25, 0.3) is 0 Å². The lowest BCUT2D eigenvalue weighted by Crippen LogP contribution is -2.17. The molecule has 0 spiro atoms. The van der Waals surface area contributed by atoms with Crippen molar-refractivity contribution in [3.63, 3.8) is 0 Å². The molecule has 1 atom stereocenters. The van der Waals surface area contributed by atoms with Crippen LogP contribution < -0.4 is 0 Å². The Balaban J connectivity index is 2.51. The average molecular weight is 255 g/mol. The van der Waals surface area contributed by atoms with Crippen molar-refractivity contribution in [1.82, 2.24) is 9.97 Å². The van der Waals surface area contributed by atoms with Gasteiger partial charge in [-0.2, -0.15) is 5.26 Å². The SMILES string of the molecule is CCOC(=O)C(C#N)c1nc2ccccc2nc1C. The van der Waals surface area contributed by atoms with E-state index in [-0.39, 0.29) is 6.61 Å².